The fraction of sp³-hybridized carbons (Fsp3) is 0.500. The molecule has 2 N–H and O–H groups in total. The van der Waals surface area contributed by atoms with Crippen molar-refractivity contribution in [2.24, 2.45) is 0 Å². The van der Waals surface area contributed by atoms with Gasteiger partial charge >= 0.3 is 0 Å². The molecule has 1 atom stereocenters. The Labute approximate surface area is 171 Å². The van der Waals surface area contributed by atoms with Gasteiger partial charge in [-0.1, -0.05) is 6.07 Å². The summed E-state index contributed by atoms with van der Waals surface area (Å²) in [6, 6.07) is 5.89. The molecule has 0 spiro atoms. The summed E-state index contributed by atoms with van der Waals surface area (Å²) >= 11 is 5.44. The minimum Gasteiger partial charge on any atom is -0.493 e. The average Bonchev–Trinajstić information content (AvgIpc) is 3.30. The molecule has 8 heteroatoms. The van der Waals surface area contributed by atoms with E-state index in [1.54, 1.807) is 14.2 Å². The Morgan fingerprint density at radius 3 is 2.75 bits per heavy atom. The summed E-state index contributed by atoms with van der Waals surface area (Å²) in [6.45, 7) is 6.21. The average molecular weight is 405 g/mol. The number of hydrogen-bond acceptors (Lipinski definition) is 5. The number of anilines is 1. The van der Waals surface area contributed by atoms with Crippen molar-refractivity contribution >= 4 is 23.0 Å². The van der Waals surface area contributed by atoms with E-state index in [1.165, 1.54) is 0 Å². The molecule has 0 radical (unpaired) electrons. The fourth-order valence-corrected chi connectivity index (χ4v) is 3.54. The molecular weight excluding hydrogens is 376 g/mol. The van der Waals surface area contributed by atoms with E-state index in [0.717, 1.165) is 48.6 Å². The van der Waals surface area contributed by atoms with Gasteiger partial charge in [-0.05, 0) is 56.6 Å². The summed E-state index contributed by atoms with van der Waals surface area (Å²) in [5, 5.41) is 11.8. The van der Waals surface area contributed by atoms with Crippen molar-refractivity contribution in [2.45, 2.75) is 39.3 Å². The minimum atomic E-state index is 0.245. The normalized spacial score (nSPS) is 16.1. The van der Waals surface area contributed by atoms with Gasteiger partial charge in [0, 0.05) is 13.2 Å². The van der Waals surface area contributed by atoms with Crippen LogP contribution >= 0.6 is 12.2 Å². The second-order valence-corrected chi connectivity index (χ2v) is 7.27. The zero-order valence-electron chi connectivity index (χ0n) is 16.9. The number of aromatic nitrogens is 2. The zero-order valence-corrected chi connectivity index (χ0v) is 17.7. The third-order valence-corrected chi connectivity index (χ3v) is 5.16. The van der Waals surface area contributed by atoms with E-state index in [4.69, 9.17) is 26.4 Å². The van der Waals surface area contributed by atoms with E-state index >= 15 is 0 Å². The number of nitrogens with one attached hydrogen (secondary N) is 2. The predicted octanol–water partition coefficient (Wildman–Crippen LogP) is 3.03. The van der Waals surface area contributed by atoms with Crippen LogP contribution in [0.4, 0.5) is 5.69 Å². The van der Waals surface area contributed by atoms with Crippen LogP contribution in [0.25, 0.3) is 0 Å². The number of rotatable bonds is 7. The first kappa shape index (κ1) is 20.4. The maximum atomic E-state index is 5.62. The molecule has 0 aliphatic carbocycles. The molecule has 1 unspecified atom stereocenters. The van der Waals surface area contributed by atoms with Gasteiger partial charge in [0.15, 0.2) is 16.6 Å². The third-order valence-electron chi connectivity index (χ3n) is 4.91. The lowest BCUT2D eigenvalue weighted by atomic mass is 10.2. The van der Waals surface area contributed by atoms with Gasteiger partial charge in [0.1, 0.15) is 0 Å². The second kappa shape index (κ2) is 9.25. The SMILES string of the molecule is COc1ccc(Cn2nc(C)c(NC(=S)NCC3CCCO3)c2C)cc1OC. The number of methoxy groups -OCH3 is 2. The van der Waals surface area contributed by atoms with E-state index < -0.39 is 0 Å². The monoisotopic (exact) mass is 404 g/mol. The summed E-state index contributed by atoms with van der Waals surface area (Å²) in [5.74, 6) is 1.42. The van der Waals surface area contributed by atoms with Crippen LogP contribution in [0.3, 0.4) is 0 Å². The van der Waals surface area contributed by atoms with Crippen LogP contribution in [0.1, 0.15) is 29.8 Å². The first-order valence-electron chi connectivity index (χ1n) is 9.43. The van der Waals surface area contributed by atoms with E-state index in [0.29, 0.717) is 23.2 Å². The smallest absolute Gasteiger partial charge is 0.170 e. The van der Waals surface area contributed by atoms with Crippen LogP contribution in [0.5, 0.6) is 11.5 Å². The van der Waals surface area contributed by atoms with Crippen molar-refractivity contribution in [1.82, 2.24) is 15.1 Å². The second-order valence-electron chi connectivity index (χ2n) is 6.86. The Bertz CT molecular complexity index is 831. The molecular formula is C20H28N4O3S. The summed E-state index contributed by atoms with van der Waals surface area (Å²) < 4.78 is 18.3. The molecule has 1 aliphatic rings. The molecule has 3 rings (SSSR count). The number of benzene rings is 1. The Balaban J connectivity index is 1.66. The Hall–Kier alpha value is -2.32. The lowest BCUT2D eigenvalue weighted by Gasteiger charge is -2.14. The van der Waals surface area contributed by atoms with Gasteiger partial charge in [-0.25, -0.2) is 0 Å². The van der Waals surface area contributed by atoms with Gasteiger partial charge in [-0.15, -0.1) is 0 Å². The topological polar surface area (TPSA) is 69.6 Å². The lowest BCUT2D eigenvalue weighted by Crippen LogP contribution is -2.35. The maximum absolute atomic E-state index is 5.62. The van der Waals surface area contributed by atoms with Crippen molar-refractivity contribution in [1.29, 1.82) is 0 Å². The van der Waals surface area contributed by atoms with Gasteiger partial charge in [0.25, 0.3) is 0 Å². The summed E-state index contributed by atoms with van der Waals surface area (Å²) in [5.41, 5.74) is 3.94. The number of aryl methyl sites for hydroxylation is 1. The Morgan fingerprint density at radius 2 is 2.07 bits per heavy atom. The highest BCUT2D eigenvalue weighted by Crippen LogP contribution is 2.28. The molecule has 1 aromatic heterocycles. The Morgan fingerprint density at radius 1 is 1.29 bits per heavy atom. The van der Waals surface area contributed by atoms with Crippen LogP contribution in [0.15, 0.2) is 18.2 Å². The summed E-state index contributed by atoms with van der Waals surface area (Å²) in [6.07, 6.45) is 2.44. The summed E-state index contributed by atoms with van der Waals surface area (Å²) in [4.78, 5) is 0. The molecule has 28 heavy (non-hydrogen) atoms. The van der Waals surface area contributed by atoms with E-state index in [-0.39, 0.29) is 6.10 Å². The Kier molecular flexibility index (Phi) is 6.74. The molecule has 2 aromatic rings. The van der Waals surface area contributed by atoms with Gasteiger partial charge < -0.3 is 24.8 Å². The van der Waals surface area contributed by atoms with Crippen LogP contribution in [0.2, 0.25) is 0 Å². The molecule has 1 aromatic carbocycles. The minimum absolute atomic E-state index is 0.245. The lowest BCUT2D eigenvalue weighted by molar-refractivity contribution is 0.114. The van der Waals surface area contributed by atoms with Crippen molar-refractivity contribution < 1.29 is 14.2 Å². The third kappa shape index (κ3) is 4.74. The highest BCUT2D eigenvalue weighted by Gasteiger charge is 2.17. The number of nitrogens with zero attached hydrogens (tertiary/aromatic N) is 2. The molecule has 0 bridgehead atoms. The van der Waals surface area contributed by atoms with Crippen molar-refractivity contribution in [3.63, 3.8) is 0 Å². The molecule has 1 fully saturated rings. The van der Waals surface area contributed by atoms with Crippen molar-refractivity contribution in [3.8, 4) is 11.5 Å². The molecule has 2 heterocycles. The molecule has 1 aliphatic heterocycles. The predicted molar refractivity (Wildman–Crippen MR) is 114 cm³/mol. The fourth-order valence-electron chi connectivity index (χ4n) is 3.35. The van der Waals surface area contributed by atoms with Gasteiger partial charge in [-0.3, -0.25) is 4.68 Å². The first-order valence-corrected chi connectivity index (χ1v) is 9.84. The highest BCUT2D eigenvalue weighted by molar-refractivity contribution is 7.80. The highest BCUT2D eigenvalue weighted by atomic mass is 32.1. The quantitative estimate of drug-likeness (QED) is 0.688. The van der Waals surface area contributed by atoms with Crippen LogP contribution in [-0.2, 0) is 11.3 Å². The van der Waals surface area contributed by atoms with E-state index in [1.807, 2.05) is 36.7 Å². The number of ether oxygens (including phenoxy) is 3. The zero-order chi connectivity index (χ0) is 20.1. The van der Waals surface area contributed by atoms with Gasteiger partial charge in [0.2, 0.25) is 0 Å². The largest absolute Gasteiger partial charge is 0.493 e. The standard InChI is InChI=1S/C20H28N4O3S/c1-13-19(22-20(28)21-11-16-6-5-9-27-16)14(2)24(23-13)12-15-7-8-17(25-3)18(10-15)26-4/h7-8,10,16H,5-6,9,11-12H2,1-4H3,(H2,21,22,28). The van der Waals surface area contributed by atoms with Crippen LogP contribution in [0, 0.1) is 13.8 Å². The molecule has 0 saturated carbocycles. The van der Waals surface area contributed by atoms with Gasteiger partial charge in [-0.2, -0.15) is 5.10 Å². The van der Waals surface area contributed by atoms with Crippen molar-refractivity contribution in [2.75, 3.05) is 32.7 Å². The molecule has 0 amide bonds. The molecule has 152 valence electrons. The number of thiocarbonyl (C=S) groups is 1. The van der Waals surface area contributed by atoms with Crippen LogP contribution < -0.4 is 20.1 Å². The van der Waals surface area contributed by atoms with E-state index in [2.05, 4.69) is 15.7 Å². The van der Waals surface area contributed by atoms with E-state index in [9.17, 15) is 0 Å². The van der Waals surface area contributed by atoms with Gasteiger partial charge in [0.05, 0.1) is 43.9 Å². The molecule has 1 saturated heterocycles. The van der Waals surface area contributed by atoms with Crippen LogP contribution in [-0.4, -0.2) is 48.4 Å². The van der Waals surface area contributed by atoms with Crippen molar-refractivity contribution in [3.05, 3.63) is 35.2 Å². The first-order chi connectivity index (χ1) is 13.5. The summed E-state index contributed by atoms with van der Waals surface area (Å²) in [7, 11) is 3.27. The number of hydrogen-bond donors (Lipinski definition) is 2. The molecule has 7 nitrogen and oxygen atoms in total. The maximum Gasteiger partial charge on any atom is 0.170 e.